The van der Waals surface area contributed by atoms with E-state index in [1.54, 1.807) is 5.38 Å². The number of pyridine rings is 1. The molecule has 3 N–H and O–H groups in total. The van der Waals surface area contributed by atoms with Crippen LogP contribution in [0.25, 0.3) is 5.65 Å². The van der Waals surface area contributed by atoms with Crippen LogP contribution in [0.4, 0.5) is 0 Å². The molecule has 1 unspecified atom stereocenters. The van der Waals surface area contributed by atoms with E-state index in [1.807, 2.05) is 35.7 Å². The highest BCUT2D eigenvalue weighted by Crippen LogP contribution is 2.15. The number of rotatable bonds is 4. The molecule has 8 heteroatoms. The summed E-state index contributed by atoms with van der Waals surface area (Å²) in [5, 5.41) is 13.3. The van der Waals surface area contributed by atoms with E-state index in [1.165, 1.54) is 11.3 Å². The maximum atomic E-state index is 12.0. The van der Waals surface area contributed by atoms with Crippen LogP contribution < -0.4 is 11.1 Å². The molecule has 21 heavy (non-hydrogen) atoms. The second-order valence-electron chi connectivity index (χ2n) is 4.59. The van der Waals surface area contributed by atoms with Gasteiger partial charge in [0.1, 0.15) is 10.7 Å². The maximum Gasteiger partial charge on any atom is 0.271 e. The van der Waals surface area contributed by atoms with Crippen molar-refractivity contribution in [3.05, 3.63) is 46.3 Å². The molecule has 3 aromatic rings. The van der Waals surface area contributed by atoms with Gasteiger partial charge in [0.25, 0.3) is 5.91 Å². The van der Waals surface area contributed by atoms with Gasteiger partial charge in [-0.05, 0) is 19.1 Å². The van der Waals surface area contributed by atoms with Crippen molar-refractivity contribution >= 4 is 22.9 Å². The monoisotopic (exact) mass is 302 g/mol. The van der Waals surface area contributed by atoms with Gasteiger partial charge in [-0.3, -0.25) is 9.20 Å². The lowest BCUT2D eigenvalue weighted by atomic mass is 10.4. The number of nitrogens with zero attached hydrogens (tertiary/aromatic N) is 4. The minimum Gasteiger partial charge on any atom is -0.343 e. The Kier molecular flexibility index (Phi) is 3.63. The predicted octanol–water partition coefficient (Wildman–Crippen LogP) is 1.14. The summed E-state index contributed by atoms with van der Waals surface area (Å²) < 4.78 is 1.83. The van der Waals surface area contributed by atoms with Crippen LogP contribution in [0.3, 0.4) is 0 Å². The quantitative estimate of drug-likeness (QED) is 0.753. The summed E-state index contributed by atoms with van der Waals surface area (Å²) in [6.07, 6.45) is 1.86. The fourth-order valence-electron chi connectivity index (χ4n) is 1.86. The Morgan fingerprint density at radius 3 is 3.10 bits per heavy atom. The highest BCUT2D eigenvalue weighted by Gasteiger charge is 2.13. The molecule has 7 nitrogen and oxygen atoms in total. The lowest BCUT2D eigenvalue weighted by molar-refractivity contribution is 0.0945. The van der Waals surface area contributed by atoms with Gasteiger partial charge in [0, 0.05) is 11.6 Å². The lowest BCUT2D eigenvalue weighted by Gasteiger charge is -2.02. The number of thiazole rings is 1. The van der Waals surface area contributed by atoms with Crippen LogP contribution in [0.2, 0.25) is 0 Å². The molecule has 108 valence electrons. The molecule has 0 aliphatic carbocycles. The van der Waals surface area contributed by atoms with Crippen molar-refractivity contribution in [2.75, 3.05) is 0 Å². The third kappa shape index (κ3) is 2.76. The molecule has 0 radical (unpaired) electrons. The average Bonchev–Trinajstić information content (AvgIpc) is 3.12. The Balaban J connectivity index is 1.70. The zero-order valence-electron chi connectivity index (χ0n) is 11.4. The van der Waals surface area contributed by atoms with Gasteiger partial charge in [0.05, 0.1) is 12.6 Å². The van der Waals surface area contributed by atoms with E-state index >= 15 is 0 Å². The summed E-state index contributed by atoms with van der Waals surface area (Å²) in [6, 6.07) is 5.46. The molecular weight excluding hydrogens is 288 g/mol. The van der Waals surface area contributed by atoms with E-state index in [9.17, 15) is 4.79 Å². The van der Waals surface area contributed by atoms with Crippen LogP contribution in [0.15, 0.2) is 29.8 Å². The Morgan fingerprint density at radius 2 is 2.33 bits per heavy atom. The fourth-order valence-corrected chi connectivity index (χ4v) is 2.62. The average molecular weight is 302 g/mol. The molecule has 0 aliphatic rings. The Labute approximate surface area is 124 Å². The fraction of sp³-hybridized carbons (Fsp3) is 0.231. The first-order chi connectivity index (χ1) is 10.1. The van der Waals surface area contributed by atoms with Crippen LogP contribution in [-0.2, 0) is 6.54 Å². The first-order valence-electron chi connectivity index (χ1n) is 6.43. The van der Waals surface area contributed by atoms with Crippen molar-refractivity contribution in [3.63, 3.8) is 0 Å². The standard InChI is InChI=1S/C13H14N6OS/c1-8(14)13-16-9(7-21-13)12(20)15-6-11-18-17-10-4-2-3-5-19(10)11/h2-5,7-8H,6,14H2,1H3,(H,15,20). The smallest absolute Gasteiger partial charge is 0.271 e. The summed E-state index contributed by atoms with van der Waals surface area (Å²) >= 11 is 1.38. The molecule has 3 rings (SSSR count). The summed E-state index contributed by atoms with van der Waals surface area (Å²) in [5.41, 5.74) is 6.86. The Bertz CT molecular complexity index is 778. The molecule has 0 fully saturated rings. The topological polar surface area (TPSA) is 98.2 Å². The highest BCUT2D eigenvalue weighted by atomic mass is 32.1. The molecule has 1 atom stereocenters. The van der Waals surface area contributed by atoms with E-state index in [2.05, 4.69) is 20.5 Å². The van der Waals surface area contributed by atoms with Crippen LogP contribution in [0.5, 0.6) is 0 Å². The Morgan fingerprint density at radius 1 is 1.48 bits per heavy atom. The summed E-state index contributed by atoms with van der Waals surface area (Å²) in [5.74, 6) is 0.424. The second kappa shape index (κ2) is 5.58. The van der Waals surface area contributed by atoms with Crippen LogP contribution in [0, 0.1) is 0 Å². The molecule has 1 amide bonds. The molecule has 0 spiro atoms. The highest BCUT2D eigenvalue weighted by molar-refractivity contribution is 7.09. The third-order valence-electron chi connectivity index (χ3n) is 2.94. The number of nitrogens with one attached hydrogen (secondary N) is 1. The molecule has 0 bridgehead atoms. The number of hydrogen-bond donors (Lipinski definition) is 2. The van der Waals surface area contributed by atoms with E-state index < -0.39 is 0 Å². The minimum absolute atomic E-state index is 0.169. The summed E-state index contributed by atoms with van der Waals surface area (Å²) in [4.78, 5) is 16.3. The number of nitrogens with two attached hydrogens (primary N) is 1. The van der Waals surface area contributed by atoms with Gasteiger partial charge in [-0.15, -0.1) is 21.5 Å². The number of fused-ring (bicyclic) bond motifs is 1. The van der Waals surface area contributed by atoms with Crippen LogP contribution in [-0.4, -0.2) is 25.5 Å². The van der Waals surface area contributed by atoms with E-state index in [4.69, 9.17) is 5.73 Å². The van der Waals surface area contributed by atoms with E-state index in [0.29, 0.717) is 11.5 Å². The molecule has 0 saturated heterocycles. The van der Waals surface area contributed by atoms with Crippen molar-refractivity contribution < 1.29 is 4.79 Å². The molecule has 3 heterocycles. The number of hydrogen-bond acceptors (Lipinski definition) is 6. The molecule has 0 aromatic carbocycles. The number of aromatic nitrogens is 4. The minimum atomic E-state index is -0.245. The molecule has 3 aromatic heterocycles. The van der Waals surface area contributed by atoms with Crippen molar-refractivity contribution in [2.24, 2.45) is 5.73 Å². The molecule has 0 aliphatic heterocycles. The largest absolute Gasteiger partial charge is 0.343 e. The summed E-state index contributed by atoms with van der Waals surface area (Å²) in [6.45, 7) is 2.12. The zero-order chi connectivity index (χ0) is 14.8. The SMILES string of the molecule is CC(N)c1nc(C(=O)NCc2nnc3ccccn23)cs1. The van der Waals surface area contributed by atoms with Crippen LogP contribution in [0.1, 0.15) is 34.3 Å². The predicted molar refractivity (Wildman–Crippen MR) is 78.9 cm³/mol. The van der Waals surface area contributed by atoms with Gasteiger partial charge >= 0.3 is 0 Å². The number of carbonyl (C=O) groups excluding carboxylic acids is 1. The van der Waals surface area contributed by atoms with Crippen molar-refractivity contribution in [1.29, 1.82) is 0 Å². The van der Waals surface area contributed by atoms with Crippen molar-refractivity contribution in [2.45, 2.75) is 19.5 Å². The first-order valence-corrected chi connectivity index (χ1v) is 7.31. The second-order valence-corrected chi connectivity index (χ2v) is 5.48. The number of carbonyl (C=O) groups is 1. The zero-order valence-corrected chi connectivity index (χ0v) is 12.2. The number of amides is 1. The molecule has 0 saturated carbocycles. The van der Waals surface area contributed by atoms with Gasteiger partial charge in [-0.25, -0.2) is 4.98 Å². The van der Waals surface area contributed by atoms with Crippen LogP contribution >= 0.6 is 11.3 Å². The third-order valence-corrected chi connectivity index (χ3v) is 3.98. The van der Waals surface area contributed by atoms with Gasteiger partial charge < -0.3 is 11.1 Å². The molecular formula is C13H14N6OS. The van der Waals surface area contributed by atoms with Crippen molar-refractivity contribution in [3.8, 4) is 0 Å². The van der Waals surface area contributed by atoms with Gasteiger partial charge in [-0.1, -0.05) is 6.07 Å². The lowest BCUT2D eigenvalue weighted by Crippen LogP contribution is -2.24. The van der Waals surface area contributed by atoms with E-state index in [0.717, 1.165) is 10.7 Å². The first kappa shape index (κ1) is 13.7. The maximum absolute atomic E-state index is 12.0. The van der Waals surface area contributed by atoms with Crippen molar-refractivity contribution in [1.82, 2.24) is 24.9 Å². The normalized spacial score (nSPS) is 12.5. The van der Waals surface area contributed by atoms with E-state index in [-0.39, 0.29) is 18.5 Å². The van der Waals surface area contributed by atoms with Gasteiger partial charge in [0.15, 0.2) is 11.5 Å². The summed E-state index contributed by atoms with van der Waals surface area (Å²) in [7, 11) is 0. The Hall–Kier alpha value is -2.32. The van der Waals surface area contributed by atoms with Gasteiger partial charge in [-0.2, -0.15) is 0 Å². The van der Waals surface area contributed by atoms with Gasteiger partial charge in [0.2, 0.25) is 0 Å².